The Morgan fingerprint density at radius 1 is 1.19 bits per heavy atom. The lowest BCUT2D eigenvalue weighted by molar-refractivity contribution is 0.0537. The summed E-state index contributed by atoms with van der Waals surface area (Å²) in [7, 11) is 1.67. The van der Waals surface area contributed by atoms with Crippen molar-refractivity contribution in [2.75, 3.05) is 20.3 Å². The van der Waals surface area contributed by atoms with Crippen molar-refractivity contribution in [2.24, 2.45) is 0 Å². The molecule has 4 nitrogen and oxygen atoms in total. The van der Waals surface area contributed by atoms with Crippen molar-refractivity contribution in [3.8, 4) is 11.5 Å². The summed E-state index contributed by atoms with van der Waals surface area (Å²) in [6.45, 7) is 3.36. The molecule has 146 valence electrons. The second-order valence-corrected chi connectivity index (χ2v) is 7.37. The van der Waals surface area contributed by atoms with Crippen LogP contribution < -0.4 is 14.8 Å². The Kier molecular flexibility index (Phi) is 7.44. The Balaban J connectivity index is 1.80. The molecule has 0 spiro atoms. The van der Waals surface area contributed by atoms with E-state index in [4.69, 9.17) is 14.2 Å². The molecule has 0 aromatic heterocycles. The number of rotatable bonds is 8. The Labute approximate surface area is 167 Å². The zero-order valence-corrected chi connectivity index (χ0v) is 17.0. The van der Waals surface area contributed by atoms with E-state index in [0.29, 0.717) is 12.6 Å². The van der Waals surface area contributed by atoms with E-state index in [1.54, 1.807) is 7.11 Å². The fourth-order valence-electron chi connectivity index (χ4n) is 3.52. The molecule has 2 aromatic carbocycles. The molecule has 0 saturated carbocycles. The molecule has 1 saturated heterocycles. The second-order valence-electron chi connectivity index (χ2n) is 6.80. The fourth-order valence-corrected chi connectivity index (χ4v) is 3.88. The summed E-state index contributed by atoms with van der Waals surface area (Å²) < 4.78 is 16.7. The van der Waals surface area contributed by atoms with E-state index in [2.05, 4.69) is 60.4 Å². The summed E-state index contributed by atoms with van der Waals surface area (Å²) in [4.78, 5) is 0. The van der Waals surface area contributed by atoms with Crippen LogP contribution in [0.3, 0.4) is 0 Å². The SMILES string of the molecule is CCOc1cc(C[C@@H](N[C@@H]2CCO[C@H](S)C2)c2ccccc2)ccc1OC. The number of thiol groups is 1. The predicted octanol–water partition coefficient (Wildman–Crippen LogP) is 4.40. The van der Waals surface area contributed by atoms with Crippen LogP contribution in [0.4, 0.5) is 0 Å². The highest BCUT2D eigenvalue weighted by Crippen LogP contribution is 2.30. The van der Waals surface area contributed by atoms with Gasteiger partial charge in [0.25, 0.3) is 0 Å². The Morgan fingerprint density at radius 2 is 2.00 bits per heavy atom. The lowest BCUT2D eigenvalue weighted by Gasteiger charge is -2.31. The molecule has 1 aliphatic rings. The fraction of sp³-hybridized carbons (Fsp3) is 0.455. The van der Waals surface area contributed by atoms with E-state index in [1.165, 1.54) is 11.1 Å². The summed E-state index contributed by atoms with van der Waals surface area (Å²) in [6, 6.07) is 17.4. The molecule has 1 fully saturated rings. The summed E-state index contributed by atoms with van der Waals surface area (Å²) >= 11 is 4.50. The van der Waals surface area contributed by atoms with Gasteiger partial charge in [0.05, 0.1) is 13.7 Å². The normalized spacial score (nSPS) is 20.9. The number of methoxy groups -OCH3 is 1. The zero-order valence-electron chi connectivity index (χ0n) is 16.1. The standard InChI is InChI=1S/C22H29NO3S/c1-3-25-21-14-16(9-10-20(21)24-2)13-19(17-7-5-4-6-8-17)23-18-11-12-26-22(27)15-18/h4-10,14,18-19,22-23,27H,3,11-13,15H2,1-2H3/t18-,19-,22-/m1/s1. The molecule has 1 aliphatic heterocycles. The first kappa shape index (κ1) is 20.1. The van der Waals surface area contributed by atoms with Crippen molar-refractivity contribution < 1.29 is 14.2 Å². The van der Waals surface area contributed by atoms with Crippen LogP contribution in [0.15, 0.2) is 48.5 Å². The highest BCUT2D eigenvalue weighted by atomic mass is 32.1. The minimum atomic E-state index is 0.0122. The average molecular weight is 388 g/mol. The van der Waals surface area contributed by atoms with E-state index in [1.807, 2.05) is 13.0 Å². The van der Waals surface area contributed by atoms with Gasteiger partial charge >= 0.3 is 0 Å². The van der Waals surface area contributed by atoms with Gasteiger partial charge in [-0.3, -0.25) is 0 Å². The van der Waals surface area contributed by atoms with Crippen LogP contribution in [0.1, 0.15) is 36.9 Å². The molecule has 0 amide bonds. The molecule has 0 radical (unpaired) electrons. The maximum Gasteiger partial charge on any atom is 0.161 e. The van der Waals surface area contributed by atoms with Gasteiger partial charge in [0.2, 0.25) is 0 Å². The molecule has 0 aliphatic carbocycles. The molecule has 27 heavy (non-hydrogen) atoms. The Morgan fingerprint density at radius 3 is 2.70 bits per heavy atom. The van der Waals surface area contributed by atoms with Crippen molar-refractivity contribution in [2.45, 2.75) is 43.7 Å². The predicted molar refractivity (Wildman–Crippen MR) is 112 cm³/mol. The highest BCUT2D eigenvalue weighted by Gasteiger charge is 2.23. The molecule has 1 N–H and O–H groups in total. The maximum absolute atomic E-state index is 5.75. The average Bonchev–Trinajstić information content (AvgIpc) is 2.69. The van der Waals surface area contributed by atoms with Crippen LogP contribution in [0.2, 0.25) is 0 Å². The van der Waals surface area contributed by atoms with Gasteiger partial charge < -0.3 is 19.5 Å². The molecule has 2 aromatic rings. The summed E-state index contributed by atoms with van der Waals surface area (Å²) in [6.07, 6.45) is 2.80. The van der Waals surface area contributed by atoms with E-state index in [9.17, 15) is 0 Å². The van der Waals surface area contributed by atoms with E-state index in [0.717, 1.165) is 37.4 Å². The molecular weight excluding hydrogens is 358 g/mol. The number of hydrogen-bond acceptors (Lipinski definition) is 5. The van der Waals surface area contributed by atoms with Gasteiger partial charge in [0.1, 0.15) is 5.44 Å². The maximum atomic E-state index is 5.75. The lowest BCUT2D eigenvalue weighted by atomic mass is 9.96. The number of ether oxygens (including phenoxy) is 3. The smallest absolute Gasteiger partial charge is 0.161 e. The lowest BCUT2D eigenvalue weighted by Crippen LogP contribution is -2.40. The minimum absolute atomic E-state index is 0.0122. The van der Waals surface area contributed by atoms with Crippen molar-refractivity contribution >= 4 is 12.6 Å². The van der Waals surface area contributed by atoms with Gasteiger partial charge in [0, 0.05) is 18.7 Å². The van der Waals surface area contributed by atoms with Crippen molar-refractivity contribution in [3.05, 3.63) is 59.7 Å². The highest BCUT2D eigenvalue weighted by molar-refractivity contribution is 7.80. The van der Waals surface area contributed by atoms with Crippen molar-refractivity contribution in [3.63, 3.8) is 0 Å². The minimum Gasteiger partial charge on any atom is -0.493 e. The monoisotopic (exact) mass is 387 g/mol. The quantitative estimate of drug-likeness (QED) is 0.659. The van der Waals surface area contributed by atoms with Crippen molar-refractivity contribution in [1.29, 1.82) is 0 Å². The van der Waals surface area contributed by atoms with Crippen molar-refractivity contribution in [1.82, 2.24) is 5.32 Å². The molecule has 0 bridgehead atoms. The van der Waals surface area contributed by atoms with E-state index < -0.39 is 0 Å². The first-order valence-corrected chi connectivity index (χ1v) is 10.1. The number of hydrogen-bond donors (Lipinski definition) is 2. The van der Waals surface area contributed by atoms with E-state index >= 15 is 0 Å². The van der Waals surface area contributed by atoms with E-state index in [-0.39, 0.29) is 11.5 Å². The molecule has 0 unspecified atom stereocenters. The van der Waals surface area contributed by atoms with Crippen LogP contribution in [0.5, 0.6) is 11.5 Å². The van der Waals surface area contributed by atoms with Gasteiger partial charge in [-0.1, -0.05) is 36.4 Å². The number of benzene rings is 2. The first-order chi connectivity index (χ1) is 13.2. The van der Waals surface area contributed by atoms with Crippen LogP contribution in [-0.4, -0.2) is 31.8 Å². The third-order valence-electron chi connectivity index (χ3n) is 4.87. The van der Waals surface area contributed by atoms with Gasteiger partial charge in [-0.05, 0) is 49.4 Å². The molecular formula is C22H29NO3S. The zero-order chi connectivity index (χ0) is 19.1. The van der Waals surface area contributed by atoms with Crippen LogP contribution in [0, 0.1) is 0 Å². The number of nitrogens with one attached hydrogen (secondary N) is 1. The molecule has 3 atom stereocenters. The third kappa shape index (κ3) is 5.64. The Bertz CT molecular complexity index is 710. The van der Waals surface area contributed by atoms with Crippen LogP contribution in [-0.2, 0) is 11.2 Å². The van der Waals surface area contributed by atoms with Gasteiger partial charge in [0.15, 0.2) is 11.5 Å². The molecule has 3 rings (SSSR count). The largest absolute Gasteiger partial charge is 0.493 e. The van der Waals surface area contributed by atoms with Gasteiger partial charge in [-0.15, -0.1) is 12.6 Å². The topological polar surface area (TPSA) is 39.7 Å². The van der Waals surface area contributed by atoms with Crippen LogP contribution in [0.25, 0.3) is 0 Å². The summed E-state index contributed by atoms with van der Waals surface area (Å²) in [5.41, 5.74) is 2.52. The third-order valence-corrected chi connectivity index (χ3v) is 5.23. The Hall–Kier alpha value is -1.69. The van der Waals surface area contributed by atoms with Crippen LogP contribution >= 0.6 is 12.6 Å². The summed E-state index contributed by atoms with van der Waals surface area (Å²) in [5, 5.41) is 3.83. The molecule has 5 heteroatoms. The van der Waals surface area contributed by atoms with Gasteiger partial charge in [-0.2, -0.15) is 0 Å². The molecule has 1 heterocycles. The second kappa shape index (κ2) is 10.0. The summed E-state index contributed by atoms with van der Waals surface area (Å²) in [5.74, 6) is 1.57. The first-order valence-electron chi connectivity index (χ1n) is 9.60. The van der Waals surface area contributed by atoms with Gasteiger partial charge in [-0.25, -0.2) is 0 Å².